The Balaban J connectivity index is 2.10. The molecule has 8 heteroatoms. The van der Waals surface area contributed by atoms with E-state index in [9.17, 15) is 13.2 Å². The van der Waals surface area contributed by atoms with Crippen LogP contribution in [0.1, 0.15) is 5.56 Å². The Kier molecular flexibility index (Phi) is 5.55. The van der Waals surface area contributed by atoms with Crippen LogP contribution in [-0.2, 0) is 9.84 Å². The molecule has 0 bridgehead atoms. The monoisotopic (exact) mass is 422 g/mol. The van der Waals surface area contributed by atoms with E-state index in [0.717, 1.165) is 16.7 Å². The molecule has 2 aromatic carbocycles. The first-order chi connectivity index (χ1) is 12.8. The van der Waals surface area contributed by atoms with E-state index in [1.54, 1.807) is 36.4 Å². The summed E-state index contributed by atoms with van der Waals surface area (Å²) in [5.41, 5.74) is 0.655. The summed E-state index contributed by atoms with van der Waals surface area (Å²) in [5, 5.41) is 2.10. The molecule has 0 aliphatic rings. The summed E-state index contributed by atoms with van der Waals surface area (Å²) >= 11 is 6.65. The first-order valence-corrected chi connectivity index (χ1v) is 10.5. The Bertz CT molecular complexity index is 1180. The highest BCUT2D eigenvalue weighted by molar-refractivity contribution is 7.94. The molecule has 0 unspecified atom stereocenters. The van der Waals surface area contributed by atoms with E-state index in [-0.39, 0.29) is 4.90 Å². The minimum absolute atomic E-state index is 0.298. The summed E-state index contributed by atoms with van der Waals surface area (Å²) in [6, 6.07) is 11.3. The summed E-state index contributed by atoms with van der Waals surface area (Å²) in [5.74, 6) is 0.951. The quantitative estimate of drug-likeness (QED) is 0.610. The van der Waals surface area contributed by atoms with Crippen molar-refractivity contribution in [2.24, 2.45) is 0 Å². The van der Waals surface area contributed by atoms with Crippen LogP contribution in [0.4, 0.5) is 0 Å². The Hall–Kier alpha value is -2.35. The largest absolute Gasteiger partial charge is 0.497 e. The number of rotatable bonds is 5. The van der Waals surface area contributed by atoms with Crippen molar-refractivity contribution < 1.29 is 17.9 Å². The molecule has 5 nitrogen and oxygen atoms in total. The second-order valence-electron chi connectivity index (χ2n) is 5.54. The first kappa shape index (κ1) is 19.4. The number of halogens is 1. The van der Waals surface area contributed by atoms with Crippen LogP contribution < -0.4 is 14.2 Å². The molecule has 0 fully saturated rings. The van der Waals surface area contributed by atoms with E-state index in [1.165, 1.54) is 26.4 Å². The van der Waals surface area contributed by atoms with Crippen molar-refractivity contribution in [1.29, 1.82) is 0 Å². The molecule has 1 heterocycles. The van der Waals surface area contributed by atoms with Crippen LogP contribution in [0.5, 0.6) is 11.5 Å². The van der Waals surface area contributed by atoms with Crippen molar-refractivity contribution in [2.45, 2.75) is 4.90 Å². The van der Waals surface area contributed by atoms with Crippen molar-refractivity contribution in [2.75, 3.05) is 14.2 Å². The van der Waals surface area contributed by atoms with Gasteiger partial charge in [0.15, 0.2) is 0 Å². The molecule has 0 amide bonds. The molecule has 0 aliphatic heterocycles. The van der Waals surface area contributed by atoms with E-state index in [0.29, 0.717) is 32.2 Å². The smallest absolute Gasteiger partial charge is 0.251 e. The zero-order valence-electron chi connectivity index (χ0n) is 14.4. The van der Waals surface area contributed by atoms with E-state index in [4.69, 9.17) is 21.1 Å². The molecule has 0 saturated carbocycles. The van der Waals surface area contributed by atoms with Crippen LogP contribution in [0.2, 0.25) is 5.02 Å². The number of hydrogen-bond donors (Lipinski definition) is 0. The highest BCUT2D eigenvalue weighted by Gasteiger charge is 2.19. The fourth-order valence-electron chi connectivity index (χ4n) is 2.44. The molecule has 0 spiro atoms. The number of fused-ring (bicyclic) bond motifs is 1. The average Bonchev–Trinajstić information content (AvgIpc) is 2.65. The van der Waals surface area contributed by atoms with E-state index < -0.39 is 14.6 Å². The summed E-state index contributed by atoms with van der Waals surface area (Å²) in [4.78, 5) is 12.1. The van der Waals surface area contributed by atoms with Gasteiger partial charge in [-0.15, -0.1) is 0 Å². The van der Waals surface area contributed by atoms with Gasteiger partial charge in [-0.05, 0) is 35.9 Å². The Morgan fingerprint density at radius 1 is 1.04 bits per heavy atom. The SMILES string of the molecule is COc1cc(OC)c2cc(S(=O)(=O)C=Cc3ccc(Cl)cc3)c(=O)sc2c1. The molecule has 1 aromatic heterocycles. The number of sulfone groups is 1. The molecule has 0 saturated heterocycles. The van der Waals surface area contributed by atoms with Crippen LogP contribution in [0, 0.1) is 0 Å². The number of ether oxygens (including phenoxy) is 2. The lowest BCUT2D eigenvalue weighted by molar-refractivity contribution is 0.398. The maximum absolute atomic E-state index is 12.7. The molecule has 140 valence electrons. The molecule has 3 rings (SSSR count). The summed E-state index contributed by atoms with van der Waals surface area (Å²) in [7, 11) is -0.959. The number of methoxy groups -OCH3 is 2. The highest BCUT2D eigenvalue weighted by Crippen LogP contribution is 2.33. The van der Waals surface area contributed by atoms with Gasteiger partial charge >= 0.3 is 0 Å². The van der Waals surface area contributed by atoms with Crippen LogP contribution in [0.3, 0.4) is 0 Å². The lowest BCUT2D eigenvalue weighted by Gasteiger charge is -2.09. The van der Waals surface area contributed by atoms with Gasteiger partial charge < -0.3 is 9.47 Å². The number of hydrogen-bond acceptors (Lipinski definition) is 6. The fraction of sp³-hybridized carbons (Fsp3) is 0.105. The lowest BCUT2D eigenvalue weighted by atomic mass is 10.2. The van der Waals surface area contributed by atoms with Crippen LogP contribution >= 0.6 is 22.9 Å². The lowest BCUT2D eigenvalue weighted by Crippen LogP contribution is -2.09. The van der Waals surface area contributed by atoms with Gasteiger partial charge in [0.05, 0.1) is 14.2 Å². The zero-order valence-corrected chi connectivity index (χ0v) is 16.8. The molecule has 0 radical (unpaired) electrons. The van der Waals surface area contributed by atoms with Crippen LogP contribution in [0.15, 0.2) is 57.6 Å². The highest BCUT2D eigenvalue weighted by atomic mass is 35.5. The van der Waals surface area contributed by atoms with Crippen molar-refractivity contribution >= 4 is 48.9 Å². The molecule has 3 aromatic rings. The van der Waals surface area contributed by atoms with Crippen LogP contribution in [-0.4, -0.2) is 22.6 Å². The minimum atomic E-state index is -3.93. The summed E-state index contributed by atoms with van der Waals surface area (Å²) in [6.45, 7) is 0. The summed E-state index contributed by atoms with van der Waals surface area (Å²) in [6.07, 6.45) is 1.42. The predicted octanol–water partition coefficient (Wildman–Crippen LogP) is 4.38. The van der Waals surface area contributed by atoms with Crippen molar-refractivity contribution in [3.05, 3.63) is 68.0 Å². The van der Waals surface area contributed by atoms with E-state index in [1.807, 2.05) is 0 Å². The van der Waals surface area contributed by atoms with Gasteiger partial charge in [0.25, 0.3) is 4.74 Å². The van der Waals surface area contributed by atoms with Gasteiger partial charge in [0.2, 0.25) is 9.84 Å². The van der Waals surface area contributed by atoms with Gasteiger partial charge in [-0.1, -0.05) is 35.1 Å². The van der Waals surface area contributed by atoms with Gasteiger partial charge in [0, 0.05) is 26.6 Å². The molecule has 0 aliphatic carbocycles. The molecular formula is C19H15ClO5S2. The minimum Gasteiger partial charge on any atom is -0.497 e. The summed E-state index contributed by atoms with van der Waals surface area (Å²) < 4.78 is 35.9. The third kappa shape index (κ3) is 4.16. The average molecular weight is 423 g/mol. The van der Waals surface area contributed by atoms with Gasteiger partial charge in [-0.2, -0.15) is 0 Å². The van der Waals surface area contributed by atoms with Gasteiger partial charge in [0.1, 0.15) is 16.4 Å². The van der Waals surface area contributed by atoms with Crippen molar-refractivity contribution in [3.63, 3.8) is 0 Å². The van der Waals surface area contributed by atoms with Gasteiger partial charge in [-0.25, -0.2) is 8.42 Å². The molecular weight excluding hydrogens is 408 g/mol. The van der Waals surface area contributed by atoms with Gasteiger partial charge in [-0.3, -0.25) is 4.79 Å². The fourth-order valence-corrected chi connectivity index (χ4v) is 4.84. The van der Waals surface area contributed by atoms with E-state index >= 15 is 0 Å². The standard InChI is InChI=1S/C19H15ClO5S2/c1-24-14-9-16(25-2)15-11-18(19(21)26-17(15)10-14)27(22,23)8-7-12-3-5-13(20)6-4-12/h3-11H,1-2H3. The second-order valence-corrected chi connectivity index (χ2v) is 8.79. The zero-order chi connectivity index (χ0) is 19.6. The van der Waals surface area contributed by atoms with Crippen LogP contribution in [0.25, 0.3) is 16.2 Å². The second kappa shape index (κ2) is 7.72. The maximum Gasteiger partial charge on any atom is 0.251 e. The van der Waals surface area contributed by atoms with Crippen molar-refractivity contribution in [1.82, 2.24) is 0 Å². The number of benzene rings is 2. The third-order valence-electron chi connectivity index (χ3n) is 3.83. The maximum atomic E-state index is 12.7. The molecule has 27 heavy (non-hydrogen) atoms. The molecule has 0 N–H and O–H groups in total. The third-order valence-corrected chi connectivity index (χ3v) is 6.58. The van der Waals surface area contributed by atoms with E-state index in [2.05, 4.69) is 0 Å². The predicted molar refractivity (Wildman–Crippen MR) is 109 cm³/mol. The van der Waals surface area contributed by atoms with Crippen molar-refractivity contribution in [3.8, 4) is 11.5 Å². The first-order valence-electron chi connectivity index (χ1n) is 7.72. The Labute approximate surface area is 165 Å². The molecule has 0 atom stereocenters. The normalized spacial score (nSPS) is 11.8. The Morgan fingerprint density at radius 3 is 2.37 bits per heavy atom. The topological polar surface area (TPSA) is 69.7 Å². The Morgan fingerprint density at radius 2 is 1.74 bits per heavy atom.